The molecule has 0 aliphatic rings. The summed E-state index contributed by atoms with van der Waals surface area (Å²) in [6, 6.07) is 8.09. The van der Waals surface area contributed by atoms with Crippen molar-refractivity contribution in [2.24, 2.45) is 5.73 Å². The summed E-state index contributed by atoms with van der Waals surface area (Å²) in [5.41, 5.74) is 4.17. The Bertz CT molecular complexity index is 922. The quantitative estimate of drug-likeness (QED) is 0.758. The summed E-state index contributed by atoms with van der Waals surface area (Å²) < 4.78 is 39.2. The van der Waals surface area contributed by atoms with E-state index in [9.17, 15) is 22.8 Å². The number of nitrogens with zero attached hydrogens (tertiary/aromatic N) is 2. The van der Waals surface area contributed by atoms with Crippen LogP contribution in [-0.2, 0) is 11.0 Å². The van der Waals surface area contributed by atoms with Gasteiger partial charge in [-0.25, -0.2) is 4.98 Å². The van der Waals surface area contributed by atoms with E-state index in [0.29, 0.717) is 5.69 Å². The van der Waals surface area contributed by atoms with Gasteiger partial charge in [-0.15, -0.1) is 0 Å². The van der Waals surface area contributed by atoms with E-state index in [-0.39, 0.29) is 22.0 Å². The Morgan fingerprint density at radius 3 is 2.44 bits per heavy atom. The predicted molar refractivity (Wildman–Crippen MR) is 93.0 cm³/mol. The highest BCUT2D eigenvalue weighted by molar-refractivity contribution is 8.00. The number of primary amides is 1. The van der Waals surface area contributed by atoms with Crippen molar-refractivity contribution in [3.63, 3.8) is 0 Å². The molecular weight excluding hydrogens is 381 g/mol. The zero-order valence-corrected chi connectivity index (χ0v) is 14.7. The molecule has 2 rings (SSSR count). The molecule has 10 heteroatoms. The maximum Gasteiger partial charge on any atom is 0.417 e. The summed E-state index contributed by atoms with van der Waals surface area (Å²) >= 11 is 0.732. The Balaban J connectivity index is 2.12. The Labute approximate surface area is 156 Å². The summed E-state index contributed by atoms with van der Waals surface area (Å²) in [5.74, 6) is -1.37. The van der Waals surface area contributed by atoms with Crippen LogP contribution in [0, 0.1) is 18.3 Å². The second kappa shape index (κ2) is 8.09. The van der Waals surface area contributed by atoms with Crippen LogP contribution in [0.5, 0.6) is 0 Å². The fraction of sp³-hybridized carbons (Fsp3) is 0.176. The number of benzene rings is 1. The summed E-state index contributed by atoms with van der Waals surface area (Å²) in [6.07, 6.45) is -4.70. The van der Waals surface area contributed by atoms with Crippen molar-refractivity contribution in [2.45, 2.75) is 18.1 Å². The number of pyridine rings is 1. The molecule has 2 aromatic rings. The number of carbonyl (C=O) groups is 2. The summed E-state index contributed by atoms with van der Waals surface area (Å²) in [5, 5.41) is 11.5. The summed E-state index contributed by atoms with van der Waals surface area (Å²) in [6.45, 7) is 1.38. The second-order valence-electron chi connectivity index (χ2n) is 5.38. The number of amides is 2. The molecule has 0 radical (unpaired) electrons. The highest BCUT2D eigenvalue weighted by atomic mass is 32.2. The monoisotopic (exact) mass is 394 g/mol. The largest absolute Gasteiger partial charge is 0.417 e. The van der Waals surface area contributed by atoms with Crippen LogP contribution in [0.3, 0.4) is 0 Å². The Morgan fingerprint density at radius 2 is 1.93 bits per heavy atom. The third-order valence-corrected chi connectivity index (χ3v) is 4.30. The van der Waals surface area contributed by atoms with Crippen molar-refractivity contribution in [1.29, 1.82) is 5.26 Å². The minimum Gasteiger partial charge on any atom is -0.366 e. The average Bonchev–Trinajstić information content (AvgIpc) is 2.59. The first kappa shape index (κ1) is 20.3. The molecule has 6 nitrogen and oxygen atoms in total. The molecule has 0 aliphatic heterocycles. The smallest absolute Gasteiger partial charge is 0.366 e. The standard InChI is InChI=1S/C17H13F3N4O2S/c1-9-6-13(17(18,19)20)12(7-21)16(23-9)27-8-14(25)24-11-4-2-10(3-5-11)15(22)26/h2-6H,8H2,1H3,(H2,22,26)(H,24,25). The van der Waals surface area contributed by atoms with E-state index in [1.165, 1.54) is 37.3 Å². The van der Waals surface area contributed by atoms with Crippen LogP contribution < -0.4 is 11.1 Å². The number of alkyl halides is 3. The van der Waals surface area contributed by atoms with Gasteiger partial charge in [-0.05, 0) is 37.3 Å². The maximum absolute atomic E-state index is 13.1. The van der Waals surface area contributed by atoms with E-state index in [0.717, 1.165) is 17.8 Å². The van der Waals surface area contributed by atoms with E-state index >= 15 is 0 Å². The van der Waals surface area contributed by atoms with Crippen LogP contribution in [0.2, 0.25) is 0 Å². The Kier molecular flexibility index (Phi) is 6.07. The third kappa shape index (κ3) is 5.21. The number of nitrogens with two attached hydrogens (primary N) is 1. The maximum atomic E-state index is 13.1. The number of nitriles is 1. The van der Waals surface area contributed by atoms with Crippen molar-refractivity contribution >= 4 is 29.3 Å². The van der Waals surface area contributed by atoms with Gasteiger partial charge >= 0.3 is 6.18 Å². The van der Waals surface area contributed by atoms with Crippen LogP contribution in [0.1, 0.15) is 27.2 Å². The number of carbonyl (C=O) groups excluding carboxylic acids is 2. The molecule has 0 bridgehead atoms. The van der Waals surface area contributed by atoms with Gasteiger partial charge < -0.3 is 11.1 Å². The number of hydrogen-bond donors (Lipinski definition) is 2. The molecule has 0 atom stereocenters. The van der Waals surface area contributed by atoms with Crippen LogP contribution in [0.4, 0.5) is 18.9 Å². The molecule has 3 N–H and O–H groups in total. The number of hydrogen-bond acceptors (Lipinski definition) is 5. The summed E-state index contributed by atoms with van der Waals surface area (Å²) in [7, 11) is 0. The van der Waals surface area contributed by atoms with Crippen molar-refractivity contribution < 1.29 is 22.8 Å². The van der Waals surface area contributed by atoms with Gasteiger partial charge in [-0.3, -0.25) is 9.59 Å². The molecule has 1 heterocycles. The second-order valence-corrected chi connectivity index (χ2v) is 6.34. The molecule has 27 heavy (non-hydrogen) atoms. The first-order valence-corrected chi connectivity index (χ1v) is 8.42. The highest BCUT2D eigenvalue weighted by Gasteiger charge is 2.35. The van der Waals surface area contributed by atoms with Crippen molar-refractivity contribution in [1.82, 2.24) is 4.98 Å². The van der Waals surface area contributed by atoms with Crippen molar-refractivity contribution in [3.8, 4) is 6.07 Å². The lowest BCUT2D eigenvalue weighted by molar-refractivity contribution is -0.138. The molecule has 0 unspecified atom stereocenters. The van der Waals surface area contributed by atoms with Gasteiger partial charge in [0.2, 0.25) is 11.8 Å². The van der Waals surface area contributed by atoms with E-state index < -0.39 is 29.1 Å². The topological polar surface area (TPSA) is 109 Å². The molecule has 1 aromatic heterocycles. The number of rotatable bonds is 5. The zero-order valence-electron chi connectivity index (χ0n) is 13.9. The molecule has 0 saturated heterocycles. The lowest BCUT2D eigenvalue weighted by Gasteiger charge is -2.12. The molecular formula is C17H13F3N4O2S. The van der Waals surface area contributed by atoms with E-state index in [1.807, 2.05) is 0 Å². The van der Waals surface area contributed by atoms with Gasteiger partial charge in [0.05, 0.1) is 16.9 Å². The molecule has 0 aliphatic carbocycles. The zero-order chi connectivity index (χ0) is 20.2. The average molecular weight is 394 g/mol. The predicted octanol–water partition coefficient (Wildman–Crippen LogP) is 3.11. The SMILES string of the molecule is Cc1cc(C(F)(F)F)c(C#N)c(SCC(=O)Nc2ccc(C(N)=O)cc2)n1. The lowest BCUT2D eigenvalue weighted by Crippen LogP contribution is -2.16. The van der Waals surface area contributed by atoms with Crippen LogP contribution >= 0.6 is 11.8 Å². The molecule has 0 saturated carbocycles. The third-order valence-electron chi connectivity index (χ3n) is 3.32. The minimum absolute atomic E-state index is 0.0891. The first-order chi connectivity index (χ1) is 12.6. The summed E-state index contributed by atoms with van der Waals surface area (Å²) in [4.78, 5) is 26.9. The van der Waals surface area contributed by atoms with Crippen molar-refractivity contribution in [3.05, 3.63) is 52.7 Å². The van der Waals surface area contributed by atoms with E-state index in [4.69, 9.17) is 11.0 Å². The molecule has 2 amide bonds. The van der Waals surface area contributed by atoms with Crippen molar-refractivity contribution in [2.75, 3.05) is 11.1 Å². The van der Waals surface area contributed by atoms with Crippen LogP contribution in [0.25, 0.3) is 0 Å². The lowest BCUT2D eigenvalue weighted by atomic mass is 10.1. The number of thioether (sulfide) groups is 1. The number of halogens is 3. The van der Waals surface area contributed by atoms with Gasteiger partial charge in [-0.2, -0.15) is 18.4 Å². The van der Waals surface area contributed by atoms with Gasteiger partial charge in [-0.1, -0.05) is 11.8 Å². The molecule has 0 spiro atoms. The fourth-order valence-electron chi connectivity index (χ4n) is 2.13. The van der Waals surface area contributed by atoms with Gasteiger partial charge in [0, 0.05) is 16.9 Å². The van der Waals surface area contributed by atoms with Crippen LogP contribution in [-0.4, -0.2) is 22.6 Å². The van der Waals surface area contributed by atoms with Gasteiger partial charge in [0.1, 0.15) is 11.1 Å². The number of aryl methyl sites for hydroxylation is 1. The minimum atomic E-state index is -4.70. The van der Waals surface area contributed by atoms with Gasteiger partial charge in [0.15, 0.2) is 0 Å². The Hall–Kier alpha value is -3.06. The molecule has 0 fully saturated rings. The molecule has 140 valence electrons. The number of nitrogens with one attached hydrogen (secondary N) is 1. The van der Waals surface area contributed by atoms with Crippen LogP contribution in [0.15, 0.2) is 35.4 Å². The first-order valence-electron chi connectivity index (χ1n) is 7.43. The van der Waals surface area contributed by atoms with E-state index in [2.05, 4.69) is 10.3 Å². The number of anilines is 1. The van der Waals surface area contributed by atoms with E-state index in [1.54, 1.807) is 0 Å². The number of aromatic nitrogens is 1. The normalized spacial score (nSPS) is 10.9. The highest BCUT2D eigenvalue weighted by Crippen LogP contribution is 2.35. The van der Waals surface area contributed by atoms with Gasteiger partial charge in [0.25, 0.3) is 0 Å². The molecule has 1 aromatic carbocycles. The Morgan fingerprint density at radius 1 is 1.30 bits per heavy atom. The fourth-order valence-corrected chi connectivity index (χ4v) is 2.98.